The molecule has 4 fully saturated rings. The third kappa shape index (κ3) is 2.98. The number of nitrogens with zero attached hydrogens (tertiary/aromatic N) is 1. The molecule has 0 unspecified atom stereocenters. The molecule has 1 N–H and O–H groups in total. The SMILES string of the molecule is O=C(CC1CCCC1)NC[C@H]1[C@H]2CN(C(=O)c3ccco3)C[C@]23CC[C@H]1O3. The van der Waals surface area contributed by atoms with E-state index in [1.807, 2.05) is 4.90 Å². The number of hydrogen-bond donors (Lipinski definition) is 1. The Morgan fingerprint density at radius 3 is 2.89 bits per heavy atom. The summed E-state index contributed by atoms with van der Waals surface area (Å²) in [6, 6.07) is 3.46. The van der Waals surface area contributed by atoms with Crippen molar-refractivity contribution in [2.45, 2.75) is 56.7 Å². The van der Waals surface area contributed by atoms with Gasteiger partial charge in [-0.05, 0) is 43.7 Å². The Hall–Kier alpha value is -1.82. The van der Waals surface area contributed by atoms with Crippen molar-refractivity contribution in [1.82, 2.24) is 10.2 Å². The quantitative estimate of drug-likeness (QED) is 0.862. The van der Waals surface area contributed by atoms with Crippen LogP contribution >= 0.6 is 0 Å². The lowest BCUT2D eigenvalue weighted by Gasteiger charge is -2.29. The minimum absolute atomic E-state index is 0.0557. The van der Waals surface area contributed by atoms with Crippen molar-refractivity contribution < 1.29 is 18.7 Å². The van der Waals surface area contributed by atoms with E-state index < -0.39 is 0 Å². The Bertz CT molecular complexity index is 712. The first-order chi connectivity index (χ1) is 13.1. The lowest BCUT2D eigenvalue weighted by atomic mass is 9.73. The summed E-state index contributed by atoms with van der Waals surface area (Å²) in [7, 11) is 0. The molecule has 27 heavy (non-hydrogen) atoms. The summed E-state index contributed by atoms with van der Waals surface area (Å²) in [6.45, 7) is 2.00. The molecule has 1 spiro atoms. The van der Waals surface area contributed by atoms with Crippen LogP contribution in [0.25, 0.3) is 0 Å². The highest BCUT2D eigenvalue weighted by atomic mass is 16.5. The zero-order chi connectivity index (χ0) is 18.4. The van der Waals surface area contributed by atoms with Gasteiger partial charge in [-0.25, -0.2) is 0 Å². The smallest absolute Gasteiger partial charge is 0.289 e. The molecule has 5 rings (SSSR count). The molecule has 2 bridgehead atoms. The molecule has 3 saturated heterocycles. The molecule has 1 aromatic heterocycles. The summed E-state index contributed by atoms with van der Waals surface area (Å²) in [5.41, 5.74) is -0.215. The molecule has 1 aliphatic carbocycles. The van der Waals surface area contributed by atoms with Crippen LogP contribution < -0.4 is 5.32 Å². The fourth-order valence-electron chi connectivity index (χ4n) is 5.95. The molecule has 3 aliphatic heterocycles. The van der Waals surface area contributed by atoms with Crippen LogP contribution in [0.15, 0.2) is 22.8 Å². The first-order valence-electron chi connectivity index (χ1n) is 10.4. The molecule has 2 amide bonds. The summed E-state index contributed by atoms with van der Waals surface area (Å²) < 4.78 is 11.7. The maximum atomic E-state index is 12.7. The third-order valence-corrected chi connectivity index (χ3v) is 7.29. The molecule has 1 aromatic rings. The number of ether oxygens (including phenoxy) is 1. The molecule has 1 saturated carbocycles. The number of carbonyl (C=O) groups excluding carboxylic acids is 2. The van der Waals surface area contributed by atoms with Crippen molar-refractivity contribution in [3.63, 3.8) is 0 Å². The van der Waals surface area contributed by atoms with Gasteiger partial charge in [0.15, 0.2) is 5.76 Å². The lowest BCUT2D eigenvalue weighted by Crippen LogP contribution is -2.42. The van der Waals surface area contributed by atoms with Crippen LogP contribution in [0.1, 0.15) is 55.5 Å². The van der Waals surface area contributed by atoms with Crippen molar-refractivity contribution in [3.05, 3.63) is 24.2 Å². The van der Waals surface area contributed by atoms with Crippen LogP contribution in [0, 0.1) is 17.8 Å². The van der Waals surface area contributed by atoms with Crippen molar-refractivity contribution in [1.29, 1.82) is 0 Å². The normalized spacial score (nSPS) is 35.0. The lowest BCUT2D eigenvalue weighted by molar-refractivity contribution is -0.122. The number of likely N-dealkylation sites (tertiary alicyclic amines) is 1. The number of carbonyl (C=O) groups is 2. The average molecular weight is 372 g/mol. The fourth-order valence-corrected chi connectivity index (χ4v) is 5.95. The van der Waals surface area contributed by atoms with Crippen molar-refractivity contribution in [3.8, 4) is 0 Å². The fraction of sp³-hybridized carbons (Fsp3) is 0.714. The van der Waals surface area contributed by atoms with Gasteiger partial charge in [0.25, 0.3) is 5.91 Å². The van der Waals surface area contributed by atoms with E-state index in [1.165, 1.54) is 31.9 Å². The number of furan rings is 1. The standard InChI is InChI=1S/C21H28N2O4/c24-19(10-14-4-1-2-5-14)22-11-15-16-12-23(20(25)18-6-3-9-26-18)13-21(16)8-7-17(15)27-21/h3,6,9,14-17H,1-2,4-5,7-8,10-13H2,(H,22,24)/t15-,16+,17+,21+/m0/s1. The van der Waals surface area contributed by atoms with Crippen molar-refractivity contribution in [2.24, 2.45) is 17.8 Å². The van der Waals surface area contributed by atoms with Crippen LogP contribution in [-0.2, 0) is 9.53 Å². The first kappa shape index (κ1) is 17.3. The number of fused-ring (bicyclic) bond motifs is 1. The molecule has 4 heterocycles. The van der Waals surface area contributed by atoms with Crippen molar-refractivity contribution in [2.75, 3.05) is 19.6 Å². The largest absolute Gasteiger partial charge is 0.459 e. The van der Waals surface area contributed by atoms with E-state index in [2.05, 4.69) is 5.32 Å². The average Bonchev–Trinajstić information content (AvgIpc) is 3.46. The molecule has 0 radical (unpaired) electrons. The van der Waals surface area contributed by atoms with E-state index in [0.29, 0.717) is 49.6 Å². The third-order valence-electron chi connectivity index (χ3n) is 7.29. The van der Waals surface area contributed by atoms with Gasteiger partial charge in [0.1, 0.15) is 0 Å². The van der Waals surface area contributed by atoms with Gasteiger partial charge < -0.3 is 19.4 Å². The number of rotatable bonds is 5. The second-order valence-corrected chi connectivity index (χ2v) is 8.85. The molecular weight excluding hydrogens is 344 g/mol. The van der Waals surface area contributed by atoms with E-state index in [4.69, 9.17) is 9.15 Å². The molecule has 6 heteroatoms. The Kier molecular flexibility index (Phi) is 4.26. The Morgan fingerprint density at radius 1 is 1.26 bits per heavy atom. The second kappa shape index (κ2) is 6.66. The summed E-state index contributed by atoms with van der Waals surface area (Å²) in [5, 5.41) is 3.18. The zero-order valence-electron chi connectivity index (χ0n) is 15.7. The predicted octanol–water partition coefficient (Wildman–Crippen LogP) is 2.60. The minimum atomic E-state index is -0.215. The van der Waals surface area contributed by atoms with Gasteiger partial charge in [-0.1, -0.05) is 12.8 Å². The van der Waals surface area contributed by atoms with Crippen LogP contribution in [0.5, 0.6) is 0 Å². The van der Waals surface area contributed by atoms with E-state index in [-0.39, 0.29) is 23.5 Å². The molecule has 146 valence electrons. The number of nitrogens with one attached hydrogen (secondary N) is 1. The zero-order valence-corrected chi connectivity index (χ0v) is 15.7. The van der Waals surface area contributed by atoms with Gasteiger partial charge >= 0.3 is 0 Å². The Balaban J connectivity index is 1.22. The maximum absolute atomic E-state index is 12.7. The first-order valence-corrected chi connectivity index (χ1v) is 10.4. The van der Waals surface area contributed by atoms with E-state index >= 15 is 0 Å². The highest BCUT2D eigenvalue weighted by molar-refractivity contribution is 5.91. The molecular formula is C21H28N2O4. The molecule has 0 aromatic carbocycles. The highest BCUT2D eigenvalue weighted by Gasteiger charge is 2.63. The van der Waals surface area contributed by atoms with E-state index in [0.717, 1.165) is 12.8 Å². The number of amides is 2. The Labute approximate surface area is 159 Å². The second-order valence-electron chi connectivity index (χ2n) is 8.85. The monoisotopic (exact) mass is 372 g/mol. The van der Waals surface area contributed by atoms with Gasteiger partial charge in [0.05, 0.1) is 24.5 Å². The van der Waals surface area contributed by atoms with Gasteiger partial charge in [-0.3, -0.25) is 9.59 Å². The summed E-state index contributed by atoms with van der Waals surface area (Å²) >= 11 is 0. The Morgan fingerprint density at radius 2 is 2.11 bits per heavy atom. The summed E-state index contributed by atoms with van der Waals surface area (Å²) in [5.74, 6) is 1.70. The minimum Gasteiger partial charge on any atom is -0.459 e. The topological polar surface area (TPSA) is 71.8 Å². The molecule has 4 aliphatic rings. The molecule has 4 atom stereocenters. The van der Waals surface area contributed by atoms with E-state index in [1.54, 1.807) is 12.1 Å². The predicted molar refractivity (Wildman–Crippen MR) is 98.0 cm³/mol. The molecule has 6 nitrogen and oxygen atoms in total. The highest BCUT2D eigenvalue weighted by Crippen LogP contribution is 2.54. The van der Waals surface area contributed by atoms with Gasteiger partial charge in [0, 0.05) is 31.3 Å². The number of hydrogen-bond acceptors (Lipinski definition) is 4. The van der Waals surface area contributed by atoms with Gasteiger partial charge in [-0.2, -0.15) is 0 Å². The van der Waals surface area contributed by atoms with Crippen molar-refractivity contribution >= 4 is 11.8 Å². The van der Waals surface area contributed by atoms with Gasteiger partial charge in [-0.15, -0.1) is 0 Å². The van der Waals surface area contributed by atoms with E-state index in [9.17, 15) is 9.59 Å². The van der Waals surface area contributed by atoms with Gasteiger partial charge in [0.2, 0.25) is 5.91 Å². The summed E-state index contributed by atoms with van der Waals surface area (Å²) in [6.07, 6.45) is 9.38. The van der Waals surface area contributed by atoms with Crippen LogP contribution in [-0.4, -0.2) is 48.1 Å². The maximum Gasteiger partial charge on any atom is 0.289 e. The van der Waals surface area contributed by atoms with Crippen LogP contribution in [0.2, 0.25) is 0 Å². The van der Waals surface area contributed by atoms with Crippen LogP contribution in [0.3, 0.4) is 0 Å². The van der Waals surface area contributed by atoms with Crippen LogP contribution in [0.4, 0.5) is 0 Å². The summed E-state index contributed by atoms with van der Waals surface area (Å²) in [4.78, 5) is 26.9.